The maximum absolute atomic E-state index is 13.6. The third kappa shape index (κ3) is 6.82. The van der Waals surface area contributed by atoms with Crippen LogP contribution in [0.5, 0.6) is 11.5 Å². The average molecular weight is 699 g/mol. The molecule has 4 heterocycles. The highest BCUT2D eigenvalue weighted by atomic mass is 35.5. The Bertz CT molecular complexity index is 2000. The molecule has 0 unspecified atom stereocenters. The number of nitrogens with zero attached hydrogens (tertiary/aromatic N) is 6. The molecule has 13 heteroatoms. The van der Waals surface area contributed by atoms with E-state index in [2.05, 4.69) is 65.6 Å². The first kappa shape index (κ1) is 33.7. The highest BCUT2D eigenvalue weighted by Gasteiger charge is 2.31. The summed E-state index contributed by atoms with van der Waals surface area (Å²) in [5.74, 6) is 2.50. The van der Waals surface area contributed by atoms with E-state index in [0.29, 0.717) is 41.2 Å². The zero-order valence-electron chi connectivity index (χ0n) is 28.8. The number of hydrogen-bond acceptors (Lipinski definition) is 8. The number of anilines is 2. The second kappa shape index (κ2) is 13.8. The lowest BCUT2D eigenvalue weighted by Crippen LogP contribution is -2.36. The van der Waals surface area contributed by atoms with Gasteiger partial charge >= 0.3 is 6.03 Å². The number of aliphatic hydroxyl groups excluding tert-OH is 1. The number of pyridine rings is 1. The maximum Gasteiger partial charge on any atom is 0.320 e. The van der Waals surface area contributed by atoms with Gasteiger partial charge in [-0.25, -0.2) is 9.48 Å². The van der Waals surface area contributed by atoms with Crippen LogP contribution < -0.4 is 25.0 Å². The van der Waals surface area contributed by atoms with Gasteiger partial charge in [0.15, 0.2) is 5.65 Å². The molecule has 3 atom stereocenters. The van der Waals surface area contributed by atoms with E-state index in [-0.39, 0.29) is 36.8 Å². The van der Waals surface area contributed by atoms with Crippen LogP contribution in [0.25, 0.3) is 11.3 Å². The van der Waals surface area contributed by atoms with Gasteiger partial charge in [0.05, 0.1) is 35.2 Å². The molecule has 2 aliphatic rings. The van der Waals surface area contributed by atoms with Gasteiger partial charge in [-0.15, -0.1) is 10.2 Å². The number of amides is 2. The molecule has 262 valence electrons. The van der Waals surface area contributed by atoms with Crippen LogP contribution in [0.4, 0.5) is 16.6 Å². The van der Waals surface area contributed by atoms with Crippen LogP contribution in [0.3, 0.4) is 0 Å². The fourth-order valence-corrected chi connectivity index (χ4v) is 6.95. The molecular formula is C37H43ClN8O4. The summed E-state index contributed by atoms with van der Waals surface area (Å²) in [6.45, 7) is 9.35. The lowest BCUT2D eigenvalue weighted by atomic mass is 9.85. The van der Waals surface area contributed by atoms with Crippen molar-refractivity contribution in [3.8, 4) is 17.2 Å². The molecule has 1 saturated heterocycles. The SMILES string of the molecule is C[C@H]1CCCN1c1nnc2ccc(O[C@@H]3CC[C@H](NC(=O)Nc4cc(C(C)(C)C)nn4-c4ccc(Cl)c(OCCO)c4)c4ccccc43)cn12. The molecule has 7 rings (SSSR count). The van der Waals surface area contributed by atoms with E-state index < -0.39 is 0 Å². The summed E-state index contributed by atoms with van der Waals surface area (Å²) < 4.78 is 15.9. The average Bonchev–Trinajstić information content (AvgIpc) is 3.83. The fraction of sp³-hybridized carbons (Fsp3) is 0.405. The second-order valence-corrected chi connectivity index (χ2v) is 14.4. The monoisotopic (exact) mass is 698 g/mol. The summed E-state index contributed by atoms with van der Waals surface area (Å²) in [4.78, 5) is 15.9. The Morgan fingerprint density at radius 1 is 1.04 bits per heavy atom. The van der Waals surface area contributed by atoms with Crippen LogP contribution in [-0.4, -0.2) is 61.3 Å². The summed E-state index contributed by atoms with van der Waals surface area (Å²) in [7, 11) is 0. The molecule has 0 saturated carbocycles. The molecule has 0 bridgehead atoms. The highest BCUT2D eigenvalue weighted by molar-refractivity contribution is 6.32. The van der Waals surface area contributed by atoms with Crippen LogP contribution in [-0.2, 0) is 5.41 Å². The largest absolute Gasteiger partial charge is 0.490 e. The van der Waals surface area contributed by atoms with Crippen molar-refractivity contribution in [1.29, 1.82) is 0 Å². The Kier molecular flexibility index (Phi) is 9.32. The zero-order valence-corrected chi connectivity index (χ0v) is 29.5. The van der Waals surface area contributed by atoms with Gasteiger partial charge in [0.2, 0.25) is 5.95 Å². The Labute approximate surface area is 296 Å². The highest BCUT2D eigenvalue weighted by Crippen LogP contribution is 2.39. The van der Waals surface area contributed by atoms with Gasteiger partial charge in [0.1, 0.15) is 30.0 Å². The molecule has 2 aromatic carbocycles. The van der Waals surface area contributed by atoms with Crippen molar-refractivity contribution >= 4 is 35.0 Å². The number of fused-ring (bicyclic) bond motifs is 2. The number of aromatic nitrogens is 5. The molecular weight excluding hydrogens is 656 g/mol. The maximum atomic E-state index is 13.6. The van der Waals surface area contributed by atoms with E-state index in [0.717, 1.165) is 53.6 Å². The normalized spacial score (nSPS) is 19.0. The molecule has 1 aliphatic carbocycles. The number of ether oxygens (including phenoxy) is 2. The van der Waals surface area contributed by atoms with Crippen molar-refractivity contribution in [2.24, 2.45) is 0 Å². The molecule has 5 aromatic rings. The first-order chi connectivity index (χ1) is 24.1. The second-order valence-electron chi connectivity index (χ2n) is 14.0. The molecule has 2 amide bonds. The lowest BCUT2D eigenvalue weighted by molar-refractivity contribution is 0.171. The van der Waals surface area contributed by atoms with Crippen molar-refractivity contribution in [2.45, 2.75) is 77.0 Å². The number of nitrogens with one attached hydrogen (secondary N) is 2. The Balaban J connectivity index is 1.09. The molecule has 3 N–H and O–H groups in total. The van der Waals surface area contributed by atoms with E-state index in [9.17, 15) is 9.90 Å². The molecule has 3 aromatic heterocycles. The van der Waals surface area contributed by atoms with E-state index in [1.54, 1.807) is 16.8 Å². The van der Waals surface area contributed by atoms with Crippen LogP contribution in [0, 0.1) is 0 Å². The molecule has 0 radical (unpaired) electrons. The molecule has 0 spiro atoms. The third-order valence-electron chi connectivity index (χ3n) is 9.41. The first-order valence-corrected chi connectivity index (χ1v) is 17.6. The lowest BCUT2D eigenvalue weighted by Gasteiger charge is -2.32. The van der Waals surface area contributed by atoms with E-state index in [1.165, 1.54) is 0 Å². The van der Waals surface area contributed by atoms with Crippen molar-refractivity contribution in [1.82, 2.24) is 29.7 Å². The van der Waals surface area contributed by atoms with E-state index >= 15 is 0 Å². The third-order valence-corrected chi connectivity index (χ3v) is 9.73. The van der Waals surface area contributed by atoms with E-state index in [1.807, 2.05) is 47.0 Å². The van der Waals surface area contributed by atoms with Crippen LogP contribution >= 0.6 is 11.6 Å². The summed E-state index contributed by atoms with van der Waals surface area (Å²) in [5.41, 5.74) is 4.03. The standard InChI is InChI=1S/C37H43ClN8O4/c1-23-8-7-17-44(23)36-42-41-33-16-12-25(22-45(33)36)50-30-15-14-29(26-9-5-6-10-27(26)30)39-35(48)40-34-21-32(37(2,3)4)43-46(34)24-11-13-28(38)31(20-24)49-19-18-47/h5-6,9-13,16,20-23,29-30,47H,7-8,14-15,17-19H2,1-4H3,(H2,39,40,48)/t23-,29-,30+/m0/s1. The van der Waals surface area contributed by atoms with Crippen LogP contribution in [0.15, 0.2) is 66.9 Å². The van der Waals surface area contributed by atoms with Gasteiger partial charge in [-0.1, -0.05) is 56.6 Å². The van der Waals surface area contributed by atoms with E-state index in [4.69, 9.17) is 26.2 Å². The minimum absolute atomic E-state index is 0.105. The number of rotatable bonds is 9. The van der Waals surface area contributed by atoms with Crippen molar-refractivity contribution in [3.05, 3.63) is 88.7 Å². The summed E-state index contributed by atoms with van der Waals surface area (Å²) in [6.07, 6.45) is 5.49. The molecule has 1 fully saturated rings. The fourth-order valence-electron chi connectivity index (χ4n) is 6.78. The van der Waals surface area contributed by atoms with Crippen molar-refractivity contribution in [2.75, 3.05) is 30.0 Å². The molecule has 50 heavy (non-hydrogen) atoms. The summed E-state index contributed by atoms with van der Waals surface area (Å²) in [5, 5.41) is 29.6. The van der Waals surface area contributed by atoms with Crippen molar-refractivity contribution < 1.29 is 19.4 Å². The van der Waals surface area contributed by atoms with Crippen LogP contribution in [0.2, 0.25) is 5.02 Å². The minimum atomic E-state index is -0.349. The summed E-state index contributed by atoms with van der Waals surface area (Å²) in [6, 6.07) is 19.0. The summed E-state index contributed by atoms with van der Waals surface area (Å²) >= 11 is 6.35. The quantitative estimate of drug-likeness (QED) is 0.150. The smallest absolute Gasteiger partial charge is 0.320 e. The van der Waals surface area contributed by atoms with Crippen LogP contribution in [0.1, 0.15) is 82.3 Å². The number of aliphatic hydroxyl groups is 1. The number of benzene rings is 2. The molecule has 12 nitrogen and oxygen atoms in total. The number of halogens is 1. The van der Waals surface area contributed by atoms with Gasteiger partial charge in [-0.05, 0) is 68.0 Å². The first-order valence-electron chi connectivity index (χ1n) is 17.2. The zero-order chi connectivity index (χ0) is 35.0. The Morgan fingerprint density at radius 2 is 1.86 bits per heavy atom. The predicted octanol–water partition coefficient (Wildman–Crippen LogP) is 7.00. The van der Waals surface area contributed by atoms with Crippen molar-refractivity contribution in [3.63, 3.8) is 0 Å². The predicted molar refractivity (Wildman–Crippen MR) is 193 cm³/mol. The van der Waals surface area contributed by atoms with Gasteiger partial charge in [-0.2, -0.15) is 5.10 Å². The Morgan fingerprint density at radius 3 is 2.62 bits per heavy atom. The van der Waals surface area contributed by atoms with Gasteiger partial charge in [0.25, 0.3) is 0 Å². The number of carbonyl (C=O) groups excluding carboxylic acids is 1. The van der Waals surface area contributed by atoms with Gasteiger partial charge < -0.3 is 24.8 Å². The number of carbonyl (C=O) groups is 1. The topological polar surface area (TPSA) is 131 Å². The van der Waals surface area contributed by atoms with Gasteiger partial charge in [-0.3, -0.25) is 9.72 Å². The molecule has 1 aliphatic heterocycles. The van der Waals surface area contributed by atoms with Gasteiger partial charge in [0, 0.05) is 30.1 Å². The minimum Gasteiger partial charge on any atom is -0.490 e. The number of hydrogen-bond donors (Lipinski definition) is 3. The Hall–Kier alpha value is -4.81. The number of urea groups is 1.